The van der Waals surface area contributed by atoms with Crippen molar-refractivity contribution < 1.29 is 0 Å². The minimum absolute atomic E-state index is 0.747. The second kappa shape index (κ2) is 6.17. The summed E-state index contributed by atoms with van der Waals surface area (Å²) in [6.07, 6.45) is 2.08. The summed E-state index contributed by atoms with van der Waals surface area (Å²) in [6, 6.07) is 14.5. The van der Waals surface area contributed by atoms with Gasteiger partial charge in [-0.3, -0.25) is 0 Å². The molecule has 0 radical (unpaired) electrons. The third kappa shape index (κ3) is 3.21. The standard InChI is InChI=1S/C15H16ClNS/c1-11-7-8-12(13(16)9-11)10-17-14-5-3-4-6-15(14)18-2/h3-9,17H,10H2,1-2H3. The van der Waals surface area contributed by atoms with Gasteiger partial charge in [0.1, 0.15) is 0 Å². The van der Waals surface area contributed by atoms with Crippen LogP contribution in [0.25, 0.3) is 0 Å². The molecule has 0 amide bonds. The SMILES string of the molecule is CSc1ccccc1NCc1ccc(C)cc1Cl. The Morgan fingerprint density at radius 3 is 2.67 bits per heavy atom. The molecule has 0 aliphatic rings. The maximum Gasteiger partial charge on any atom is 0.0480 e. The summed E-state index contributed by atoms with van der Waals surface area (Å²) in [5, 5.41) is 4.26. The van der Waals surface area contributed by atoms with Gasteiger partial charge in [-0.25, -0.2) is 0 Å². The summed E-state index contributed by atoms with van der Waals surface area (Å²) < 4.78 is 0. The molecule has 0 aliphatic carbocycles. The van der Waals surface area contributed by atoms with Crippen LogP contribution in [-0.4, -0.2) is 6.26 Å². The van der Waals surface area contributed by atoms with Crippen LogP contribution in [0.4, 0.5) is 5.69 Å². The molecule has 3 heteroatoms. The molecule has 0 bridgehead atoms. The highest BCUT2D eigenvalue weighted by atomic mass is 35.5. The van der Waals surface area contributed by atoms with Crippen LogP contribution < -0.4 is 5.32 Å². The quantitative estimate of drug-likeness (QED) is 0.791. The van der Waals surface area contributed by atoms with Gasteiger partial charge >= 0.3 is 0 Å². The molecule has 0 spiro atoms. The van der Waals surface area contributed by atoms with Crippen LogP contribution >= 0.6 is 23.4 Å². The highest BCUT2D eigenvalue weighted by molar-refractivity contribution is 7.98. The average molecular weight is 278 g/mol. The number of benzene rings is 2. The van der Waals surface area contributed by atoms with E-state index < -0.39 is 0 Å². The van der Waals surface area contributed by atoms with Crippen LogP contribution in [0.3, 0.4) is 0 Å². The van der Waals surface area contributed by atoms with Crippen LogP contribution in [0.15, 0.2) is 47.4 Å². The molecule has 2 aromatic carbocycles. The van der Waals surface area contributed by atoms with Crippen molar-refractivity contribution >= 4 is 29.1 Å². The van der Waals surface area contributed by atoms with Crippen molar-refractivity contribution in [2.24, 2.45) is 0 Å². The van der Waals surface area contributed by atoms with E-state index in [9.17, 15) is 0 Å². The third-order valence-corrected chi connectivity index (χ3v) is 3.93. The fourth-order valence-corrected chi connectivity index (χ4v) is 2.65. The number of para-hydroxylation sites is 1. The van der Waals surface area contributed by atoms with Crippen molar-refractivity contribution in [2.75, 3.05) is 11.6 Å². The van der Waals surface area contributed by atoms with Gasteiger partial charge in [0.2, 0.25) is 0 Å². The molecule has 1 N–H and O–H groups in total. The van der Waals surface area contributed by atoms with Crippen molar-refractivity contribution in [2.45, 2.75) is 18.4 Å². The van der Waals surface area contributed by atoms with Crippen molar-refractivity contribution in [1.29, 1.82) is 0 Å². The topological polar surface area (TPSA) is 12.0 Å². The summed E-state index contributed by atoms with van der Waals surface area (Å²) in [7, 11) is 0. The van der Waals surface area contributed by atoms with E-state index in [0.29, 0.717) is 0 Å². The zero-order valence-electron chi connectivity index (χ0n) is 10.5. The van der Waals surface area contributed by atoms with Crippen molar-refractivity contribution in [1.82, 2.24) is 0 Å². The van der Waals surface area contributed by atoms with E-state index in [1.54, 1.807) is 11.8 Å². The molecule has 94 valence electrons. The van der Waals surface area contributed by atoms with Gasteiger partial charge in [-0.05, 0) is 42.5 Å². The summed E-state index contributed by atoms with van der Waals surface area (Å²) in [4.78, 5) is 1.25. The number of thioether (sulfide) groups is 1. The van der Waals surface area contributed by atoms with Gasteiger partial charge in [0.15, 0.2) is 0 Å². The van der Waals surface area contributed by atoms with E-state index in [1.165, 1.54) is 10.5 Å². The van der Waals surface area contributed by atoms with Gasteiger partial charge in [-0.15, -0.1) is 11.8 Å². The molecule has 18 heavy (non-hydrogen) atoms. The molecule has 0 fully saturated rings. The van der Waals surface area contributed by atoms with Crippen molar-refractivity contribution in [3.8, 4) is 0 Å². The Kier molecular flexibility index (Phi) is 4.56. The fraction of sp³-hybridized carbons (Fsp3) is 0.200. The molecule has 0 atom stereocenters. The highest BCUT2D eigenvalue weighted by Crippen LogP contribution is 2.26. The summed E-state index contributed by atoms with van der Waals surface area (Å²) in [6.45, 7) is 2.79. The van der Waals surface area contributed by atoms with E-state index >= 15 is 0 Å². The van der Waals surface area contributed by atoms with Gasteiger partial charge in [0.25, 0.3) is 0 Å². The minimum atomic E-state index is 0.747. The number of halogens is 1. The summed E-state index contributed by atoms with van der Waals surface area (Å²) in [5.74, 6) is 0. The third-order valence-electron chi connectivity index (χ3n) is 2.78. The lowest BCUT2D eigenvalue weighted by molar-refractivity contribution is 1.13. The molecule has 0 saturated heterocycles. The first-order valence-corrected chi connectivity index (χ1v) is 7.43. The zero-order valence-corrected chi connectivity index (χ0v) is 12.1. The van der Waals surface area contributed by atoms with E-state index in [1.807, 2.05) is 19.1 Å². The molecule has 2 aromatic rings. The van der Waals surface area contributed by atoms with Crippen LogP contribution in [0, 0.1) is 6.92 Å². The maximum atomic E-state index is 6.22. The van der Waals surface area contributed by atoms with Gasteiger partial charge in [-0.1, -0.05) is 35.9 Å². The van der Waals surface area contributed by atoms with Gasteiger partial charge in [0, 0.05) is 22.2 Å². The first-order valence-electron chi connectivity index (χ1n) is 5.82. The lowest BCUT2D eigenvalue weighted by atomic mass is 10.1. The maximum absolute atomic E-state index is 6.22. The van der Waals surface area contributed by atoms with E-state index in [4.69, 9.17) is 11.6 Å². The number of aryl methyl sites for hydroxylation is 1. The van der Waals surface area contributed by atoms with Crippen LogP contribution in [0.5, 0.6) is 0 Å². The van der Waals surface area contributed by atoms with Gasteiger partial charge < -0.3 is 5.32 Å². The Hall–Kier alpha value is -1.12. The van der Waals surface area contributed by atoms with Crippen LogP contribution in [-0.2, 0) is 6.54 Å². The Morgan fingerprint density at radius 2 is 1.94 bits per heavy atom. The lowest BCUT2D eigenvalue weighted by Crippen LogP contribution is -2.01. The molecule has 0 saturated carbocycles. The number of rotatable bonds is 4. The smallest absolute Gasteiger partial charge is 0.0480 e. The number of anilines is 1. The molecule has 0 heterocycles. The Labute approximate surface area is 118 Å². The van der Waals surface area contributed by atoms with Crippen LogP contribution in [0.2, 0.25) is 5.02 Å². The van der Waals surface area contributed by atoms with Gasteiger partial charge in [-0.2, -0.15) is 0 Å². The molecule has 1 nitrogen and oxygen atoms in total. The Bertz CT molecular complexity index is 540. The lowest BCUT2D eigenvalue weighted by Gasteiger charge is -2.11. The number of nitrogens with one attached hydrogen (secondary N) is 1. The molecule has 0 unspecified atom stereocenters. The van der Waals surface area contributed by atoms with E-state index in [0.717, 1.165) is 22.8 Å². The molecular formula is C15H16ClNS. The largest absolute Gasteiger partial charge is 0.380 e. The minimum Gasteiger partial charge on any atom is -0.380 e. The van der Waals surface area contributed by atoms with Crippen molar-refractivity contribution in [3.05, 3.63) is 58.6 Å². The summed E-state index contributed by atoms with van der Waals surface area (Å²) in [5.41, 5.74) is 3.47. The normalized spacial score (nSPS) is 10.4. The number of hydrogen-bond donors (Lipinski definition) is 1. The zero-order chi connectivity index (χ0) is 13.0. The monoisotopic (exact) mass is 277 g/mol. The predicted molar refractivity (Wildman–Crippen MR) is 81.7 cm³/mol. The number of hydrogen-bond acceptors (Lipinski definition) is 2. The van der Waals surface area contributed by atoms with Crippen molar-refractivity contribution in [3.63, 3.8) is 0 Å². The Morgan fingerprint density at radius 1 is 1.17 bits per heavy atom. The molecule has 0 aromatic heterocycles. The highest BCUT2D eigenvalue weighted by Gasteiger charge is 2.03. The second-order valence-electron chi connectivity index (χ2n) is 4.15. The predicted octanol–water partition coefficient (Wildman–Crippen LogP) is 4.98. The van der Waals surface area contributed by atoms with E-state index in [-0.39, 0.29) is 0 Å². The Balaban J connectivity index is 2.11. The second-order valence-corrected chi connectivity index (χ2v) is 5.40. The summed E-state index contributed by atoms with van der Waals surface area (Å²) >= 11 is 7.97. The molecule has 2 rings (SSSR count). The van der Waals surface area contributed by atoms with Gasteiger partial charge in [0.05, 0.1) is 0 Å². The van der Waals surface area contributed by atoms with Crippen LogP contribution in [0.1, 0.15) is 11.1 Å². The average Bonchev–Trinajstić information content (AvgIpc) is 2.38. The van der Waals surface area contributed by atoms with E-state index in [2.05, 4.69) is 41.9 Å². The molecule has 0 aliphatic heterocycles. The molecular weight excluding hydrogens is 262 g/mol. The first-order chi connectivity index (χ1) is 8.70. The fourth-order valence-electron chi connectivity index (χ4n) is 1.78. The first kappa shape index (κ1) is 13.3.